The Kier molecular flexibility index (Phi) is 2.43. The molecule has 2 aromatic heterocycles. The average Bonchev–Trinajstić information content (AvgIpc) is 2.76. The lowest BCUT2D eigenvalue weighted by Crippen LogP contribution is -2.02. The molecule has 5 heteroatoms. The van der Waals surface area contributed by atoms with Gasteiger partial charge in [-0.2, -0.15) is 5.26 Å². The van der Waals surface area contributed by atoms with Crippen molar-refractivity contribution in [2.75, 3.05) is 0 Å². The second kappa shape index (κ2) is 4.10. The molecule has 0 aliphatic rings. The first-order chi connectivity index (χ1) is 9.19. The van der Waals surface area contributed by atoms with Crippen LogP contribution < -0.4 is 5.56 Å². The van der Waals surface area contributed by atoms with Gasteiger partial charge in [-0.15, -0.1) is 0 Å². The summed E-state index contributed by atoms with van der Waals surface area (Å²) in [6.07, 6.45) is 1.63. The fraction of sp³-hybridized carbons (Fsp3) is 0.0714. The maximum Gasteiger partial charge on any atom is 0.247 e. The highest BCUT2D eigenvalue weighted by Gasteiger charge is 2.10. The summed E-state index contributed by atoms with van der Waals surface area (Å²) in [5, 5.41) is 8.92. The van der Waals surface area contributed by atoms with Crippen LogP contribution in [0.1, 0.15) is 5.56 Å². The first-order valence-electron chi connectivity index (χ1n) is 5.75. The van der Waals surface area contributed by atoms with E-state index in [0.29, 0.717) is 5.56 Å². The van der Waals surface area contributed by atoms with E-state index >= 15 is 0 Å². The standard InChI is InChI=1S/C14H10N4O/c1-18-12-6-9(7-15)2-4-11(12)17-14(18)10-3-5-13(19)16-8-10/h2-6,8H,1H3,(H,16,19). The maximum absolute atomic E-state index is 11.1. The van der Waals surface area contributed by atoms with Gasteiger partial charge in [0.05, 0.1) is 22.7 Å². The van der Waals surface area contributed by atoms with Gasteiger partial charge in [-0.25, -0.2) is 4.98 Å². The van der Waals surface area contributed by atoms with E-state index in [1.165, 1.54) is 6.07 Å². The SMILES string of the molecule is Cn1c(-c2ccc(=O)[nH]c2)nc2ccc(C#N)cc21. The third-order valence-electron chi connectivity index (χ3n) is 3.05. The Morgan fingerprint density at radius 1 is 1.32 bits per heavy atom. The molecule has 0 amide bonds. The van der Waals surface area contributed by atoms with Gasteiger partial charge in [0.25, 0.3) is 0 Å². The molecule has 5 nitrogen and oxygen atoms in total. The summed E-state index contributed by atoms with van der Waals surface area (Å²) in [7, 11) is 1.89. The number of fused-ring (bicyclic) bond motifs is 1. The van der Waals surface area contributed by atoms with E-state index < -0.39 is 0 Å². The molecular weight excluding hydrogens is 240 g/mol. The van der Waals surface area contributed by atoms with Crippen LogP contribution in [0.25, 0.3) is 22.4 Å². The van der Waals surface area contributed by atoms with Gasteiger partial charge in [0.1, 0.15) is 5.82 Å². The molecule has 92 valence electrons. The number of aromatic amines is 1. The number of imidazole rings is 1. The van der Waals surface area contributed by atoms with Gasteiger partial charge in [0, 0.05) is 24.9 Å². The monoisotopic (exact) mass is 250 g/mol. The maximum atomic E-state index is 11.1. The highest BCUT2D eigenvalue weighted by molar-refractivity contribution is 5.81. The summed E-state index contributed by atoms with van der Waals surface area (Å²) in [5.74, 6) is 0.751. The van der Waals surface area contributed by atoms with Crippen molar-refractivity contribution in [1.82, 2.24) is 14.5 Å². The number of nitrogens with zero attached hydrogens (tertiary/aromatic N) is 3. The topological polar surface area (TPSA) is 74.5 Å². The molecule has 3 aromatic rings. The molecule has 0 saturated carbocycles. The Hall–Kier alpha value is -2.87. The van der Waals surface area contributed by atoms with Crippen LogP contribution >= 0.6 is 0 Å². The fourth-order valence-corrected chi connectivity index (χ4v) is 2.07. The van der Waals surface area contributed by atoms with Gasteiger partial charge in [0.2, 0.25) is 5.56 Å². The first kappa shape index (κ1) is 11.2. The molecule has 19 heavy (non-hydrogen) atoms. The molecular formula is C14H10N4O. The number of rotatable bonds is 1. The number of hydrogen-bond acceptors (Lipinski definition) is 3. The van der Waals surface area contributed by atoms with Crippen LogP contribution in [0.2, 0.25) is 0 Å². The van der Waals surface area contributed by atoms with E-state index in [0.717, 1.165) is 22.4 Å². The summed E-state index contributed by atoms with van der Waals surface area (Å²) >= 11 is 0. The third kappa shape index (κ3) is 1.79. The molecule has 0 saturated heterocycles. The van der Waals surface area contributed by atoms with Crippen LogP contribution in [-0.2, 0) is 7.05 Å². The molecule has 0 fully saturated rings. The van der Waals surface area contributed by atoms with E-state index in [-0.39, 0.29) is 5.56 Å². The second-order valence-corrected chi connectivity index (χ2v) is 4.25. The Balaban J connectivity index is 2.25. The van der Waals surface area contributed by atoms with Crippen molar-refractivity contribution >= 4 is 11.0 Å². The quantitative estimate of drug-likeness (QED) is 0.715. The highest BCUT2D eigenvalue weighted by Crippen LogP contribution is 2.23. The highest BCUT2D eigenvalue weighted by atomic mass is 16.1. The lowest BCUT2D eigenvalue weighted by molar-refractivity contribution is 0.956. The zero-order valence-electron chi connectivity index (χ0n) is 10.2. The van der Waals surface area contributed by atoms with E-state index in [4.69, 9.17) is 5.26 Å². The summed E-state index contributed by atoms with van der Waals surface area (Å²) in [4.78, 5) is 18.2. The van der Waals surface area contributed by atoms with E-state index in [9.17, 15) is 4.79 Å². The molecule has 0 radical (unpaired) electrons. The first-order valence-corrected chi connectivity index (χ1v) is 5.75. The van der Waals surface area contributed by atoms with Crippen molar-refractivity contribution in [1.29, 1.82) is 5.26 Å². The Bertz CT molecular complexity index is 847. The zero-order chi connectivity index (χ0) is 13.4. The second-order valence-electron chi connectivity index (χ2n) is 4.25. The molecule has 1 N–H and O–H groups in total. The number of pyridine rings is 1. The van der Waals surface area contributed by atoms with Gasteiger partial charge in [0.15, 0.2) is 0 Å². The number of aryl methyl sites for hydroxylation is 1. The lowest BCUT2D eigenvalue weighted by Gasteiger charge is -2.01. The number of hydrogen-bond donors (Lipinski definition) is 1. The van der Waals surface area contributed by atoms with Crippen molar-refractivity contribution in [2.24, 2.45) is 7.05 Å². The molecule has 0 aliphatic carbocycles. The number of H-pyrrole nitrogens is 1. The van der Waals surface area contributed by atoms with E-state index in [2.05, 4.69) is 16.0 Å². The smallest absolute Gasteiger partial charge is 0.247 e. The van der Waals surface area contributed by atoms with Gasteiger partial charge in [-0.1, -0.05) is 0 Å². The van der Waals surface area contributed by atoms with Crippen molar-refractivity contribution in [3.05, 3.63) is 52.4 Å². The van der Waals surface area contributed by atoms with Gasteiger partial charge < -0.3 is 9.55 Å². The minimum absolute atomic E-state index is 0.144. The minimum Gasteiger partial charge on any atom is -0.328 e. The Morgan fingerprint density at radius 3 is 2.84 bits per heavy atom. The van der Waals surface area contributed by atoms with Crippen LogP contribution in [-0.4, -0.2) is 14.5 Å². The number of nitrogens with one attached hydrogen (secondary N) is 1. The molecule has 3 rings (SSSR count). The summed E-state index contributed by atoms with van der Waals surface area (Å²) in [6.45, 7) is 0. The predicted molar refractivity (Wildman–Crippen MR) is 71.5 cm³/mol. The molecule has 2 heterocycles. The van der Waals surface area contributed by atoms with Crippen molar-refractivity contribution in [2.45, 2.75) is 0 Å². The normalized spacial score (nSPS) is 10.5. The molecule has 0 bridgehead atoms. The zero-order valence-corrected chi connectivity index (χ0v) is 10.2. The van der Waals surface area contributed by atoms with Crippen molar-refractivity contribution in [3.63, 3.8) is 0 Å². The van der Waals surface area contributed by atoms with Gasteiger partial charge >= 0.3 is 0 Å². The minimum atomic E-state index is -0.144. The molecule has 1 aromatic carbocycles. The van der Waals surface area contributed by atoms with Crippen LogP contribution in [0.3, 0.4) is 0 Å². The number of aromatic nitrogens is 3. The molecule has 0 aliphatic heterocycles. The summed E-state index contributed by atoms with van der Waals surface area (Å²) in [6, 6.07) is 10.7. The van der Waals surface area contributed by atoms with Crippen LogP contribution in [0.5, 0.6) is 0 Å². The van der Waals surface area contributed by atoms with Gasteiger partial charge in [-0.05, 0) is 24.3 Å². The largest absolute Gasteiger partial charge is 0.328 e. The number of benzene rings is 1. The predicted octanol–water partition coefficient (Wildman–Crippen LogP) is 1.80. The molecule has 0 unspecified atom stereocenters. The van der Waals surface area contributed by atoms with Crippen LogP contribution in [0.15, 0.2) is 41.3 Å². The molecule has 0 atom stereocenters. The van der Waals surface area contributed by atoms with Crippen molar-refractivity contribution < 1.29 is 0 Å². The Labute approximate surface area is 108 Å². The summed E-state index contributed by atoms with van der Waals surface area (Å²) in [5.41, 5.74) is 3.00. The van der Waals surface area contributed by atoms with E-state index in [1.54, 1.807) is 24.4 Å². The lowest BCUT2D eigenvalue weighted by atomic mass is 10.2. The Morgan fingerprint density at radius 2 is 2.16 bits per heavy atom. The average molecular weight is 250 g/mol. The van der Waals surface area contributed by atoms with Crippen LogP contribution in [0, 0.1) is 11.3 Å². The van der Waals surface area contributed by atoms with Crippen LogP contribution in [0.4, 0.5) is 0 Å². The van der Waals surface area contributed by atoms with E-state index in [1.807, 2.05) is 17.7 Å². The summed E-state index contributed by atoms with van der Waals surface area (Å²) < 4.78 is 1.91. The van der Waals surface area contributed by atoms with Gasteiger partial charge in [-0.3, -0.25) is 4.79 Å². The van der Waals surface area contributed by atoms with Crippen molar-refractivity contribution in [3.8, 4) is 17.5 Å². The fourth-order valence-electron chi connectivity index (χ4n) is 2.07. The third-order valence-corrected chi connectivity index (χ3v) is 3.05. The number of nitriles is 1. The molecule has 0 spiro atoms.